The van der Waals surface area contributed by atoms with Gasteiger partial charge in [-0.3, -0.25) is 4.72 Å². The Labute approximate surface area is 168 Å². The number of rotatable bonds is 5. The van der Waals surface area contributed by atoms with Crippen LogP contribution in [0.5, 0.6) is 0 Å². The lowest BCUT2D eigenvalue weighted by atomic mass is 10.2. The average molecular weight is 504 g/mol. The van der Waals surface area contributed by atoms with E-state index in [1.165, 1.54) is 24.5 Å². The topological polar surface area (TPSA) is 76.0 Å². The number of fused-ring (bicyclic) bond motifs is 1. The molecule has 10 heteroatoms. The molecule has 0 spiro atoms. The Kier molecular flexibility index (Phi) is 4.49. The number of benzene rings is 2. The Bertz CT molecular complexity index is 1160. The highest BCUT2D eigenvalue weighted by molar-refractivity contribution is 14.1. The van der Waals surface area contributed by atoms with Crippen molar-refractivity contribution in [3.63, 3.8) is 0 Å². The summed E-state index contributed by atoms with van der Waals surface area (Å²) in [7, 11) is -1.95. The monoisotopic (exact) mass is 504 g/mol. The normalized spacial score (nSPS) is 14.5. The zero-order chi connectivity index (χ0) is 19.3. The molecule has 0 atom stereocenters. The third-order valence-electron chi connectivity index (χ3n) is 4.37. The first-order chi connectivity index (χ1) is 12.8. The molecule has 1 heterocycles. The van der Waals surface area contributed by atoms with Gasteiger partial charge in [0.05, 0.1) is 28.5 Å². The molecule has 1 aliphatic carbocycles. The molecule has 0 amide bonds. The zero-order valence-corrected chi connectivity index (χ0v) is 17.1. The number of sulfonamides is 1. The van der Waals surface area contributed by atoms with Gasteiger partial charge in [-0.2, -0.15) is 0 Å². The predicted octanol–water partition coefficient (Wildman–Crippen LogP) is 4.10. The van der Waals surface area contributed by atoms with Crippen LogP contribution in [0, 0.1) is 15.2 Å². The lowest BCUT2D eigenvalue weighted by Gasteiger charge is -2.16. The van der Waals surface area contributed by atoms with Crippen LogP contribution in [0.3, 0.4) is 0 Å². The lowest BCUT2D eigenvalue weighted by molar-refractivity contribution is 0.600. The molecule has 3 aromatic rings. The Balaban J connectivity index is 1.85. The molecule has 0 saturated heterocycles. The van der Waals surface area contributed by atoms with Crippen LogP contribution in [0.2, 0.25) is 0 Å². The first kappa shape index (κ1) is 18.4. The summed E-state index contributed by atoms with van der Waals surface area (Å²) < 4.78 is 58.9. The standard InChI is InChI=1S/C17H15F2IN4O2S/c1-24-8-21-17-14(24)7-13(23-27(25,26)10-3-4-10)16(15(17)19)22-12-5-2-9(20)6-11(12)18/h2,5-8,10,22-23H,3-4H2,1H3. The van der Waals surface area contributed by atoms with E-state index in [-0.39, 0.29) is 22.6 Å². The van der Waals surface area contributed by atoms with E-state index in [9.17, 15) is 12.8 Å². The van der Waals surface area contributed by atoms with E-state index in [0.29, 0.717) is 21.9 Å². The second-order valence-corrected chi connectivity index (χ2v) is 9.64. The van der Waals surface area contributed by atoms with Gasteiger partial charge in [-0.15, -0.1) is 0 Å². The molecule has 0 bridgehead atoms. The fourth-order valence-corrected chi connectivity index (χ4v) is 4.61. The van der Waals surface area contributed by atoms with Gasteiger partial charge >= 0.3 is 0 Å². The molecule has 1 fully saturated rings. The average Bonchev–Trinajstić information content (AvgIpc) is 3.39. The van der Waals surface area contributed by atoms with Gasteiger partial charge in [-0.1, -0.05) is 0 Å². The second kappa shape index (κ2) is 6.59. The first-order valence-corrected chi connectivity index (χ1v) is 10.8. The molecular formula is C17H15F2IN4O2S. The molecule has 0 unspecified atom stereocenters. The first-order valence-electron chi connectivity index (χ1n) is 8.13. The van der Waals surface area contributed by atoms with Crippen molar-refractivity contribution in [2.24, 2.45) is 7.05 Å². The Hall–Kier alpha value is -1.95. The van der Waals surface area contributed by atoms with Crippen molar-refractivity contribution >= 4 is 60.7 Å². The van der Waals surface area contributed by atoms with Crippen LogP contribution in [0.1, 0.15) is 12.8 Å². The number of halogens is 3. The van der Waals surface area contributed by atoms with E-state index in [1.54, 1.807) is 17.7 Å². The smallest absolute Gasteiger partial charge is 0.235 e. The molecule has 142 valence electrons. The highest BCUT2D eigenvalue weighted by Crippen LogP contribution is 2.37. The molecule has 2 aromatic carbocycles. The Morgan fingerprint density at radius 3 is 2.63 bits per heavy atom. The summed E-state index contributed by atoms with van der Waals surface area (Å²) in [6.07, 6.45) is 2.57. The largest absolute Gasteiger partial charge is 0.349 e. The molecule has 6 nitrogen and oxygen atoms in total. The van der Waals surface area contributed by atoms with Gasteiger partial charge in [0.2, 0.25) is 10.0 Å². The van der Waals surface area contributed by atoms with Gasteiger partial charge in [0.1, 0.15) is 17.0 Å². The number of nitrogens with one attached hydrogen (secondary N) is 2. The summed E-state index contributed by atoms with van der Waals surface area (Å²) in [5.74, 6) is -1.32. The summed E-state index contributed by atoms with van der Waals surface area (Å²) in [6.45, 7) is 0. The number of anilines is 3. The van der Waals surface area contributed by atoms with Gasteiger partial charge in [-0.05, 0) is 59.7 Å². The highest BCUT2D eigenvalue weighted by Gasteiger charge is 2.36. The van der Waals surface area contributed by atoms with Crippen LogP contribution >= 0.6 is 22.6 Å². The third kappa shape index (κ3) is 3.47. The second-order valence-electron chi connectivity index (χ2n) is 6.43. The highest BCUT2D eigenvalue weighted by atomic mass is 127. The maximum atomic E-state index is 15.1. The van der Waals surface area contributed by atoms with Crippen LogP contribution in [0.25, 0.3) is 11.0 Å². The van der Waals surface area contributed by atoms with Crippen LogP contribution in [-0.4, -0.2) is 23.2 Å². The zero-order valence-electron chi connectivity index (χ0n) is 14.1. The molecule has 2 N–H and O–H groups in total. The van der Waals surface area contributed by atoms with Gasteiger partial charge in [0, 0.05) is 10.6 Å². The summed E-state index contributed by atoms with van der Waals surface area (Å²) in [4.78, 5) is 4.02. The molecule has 0 radical (unpaired) electrons. The van der Waals surface area contributed by atoms with Crippen LogP contribution in [0.4, 0.5) is 25.8 Å². The molecule has 1 aromatic heterocycles. The summed E-state index contributed by atoms with van der Waals surface area (Å²) in [5, 5.41) is 2.21. The third-order valence-corrected chi connectivity index (χ3v) is 6.89. The fourth-order valence-electron chi connectivity index (χ4n) is 2.77. The van der Waals surface area contributed by atoms with Crippen molar-refractivity contribution in [2.75, 3.05) is 10.0 Å². The molecule has 27 heavy (non-hydrogen) atoms. The van der Waals surface area contributed by atoms with Gasteiger partial charge < -0.3 is 9.88 Å². The maximum Gasteiger partial charge on any atom is 0.235 e. The predicted molar refractivity (Wildman–Crippen MR) is 109 cm³/mol. The lowest BCUT2D eigenvalue weighted by Crippen LogP contribution is -2.18. The summed E-state index contributed by atoms with van der Waals surface area (Å²) >= 11 is 1.97. The van der Waals surface area contributed by atoms with Gasteiger partial charge in [0.25, 0.3) is 0 Å². The molecule has 0 aliphatic heterocycles. The minimum absolute atomic E-state index is 0.0217. The van der Waals surface area contributed by atoms with E-state index in [2.05, 4.69) is 15.0 Å². The number of aryl methyl sites for hydroxylation is 1. The summed E-state index contributed by atoms with van der Waals surface area (Å²) in [6, 6.07) is 5.93. The van der Waals surface area contributed by atoms with Crippen LogP contribution in [0.15, 0.2) is 30.6 Å². The number of nitrogens with zero attached hydrogens (tertiary/aromatic N) is 2. The molecular weight excluding hydrogens is 489 g/mol. The number of aromatic nitrogens is 2. The van der Waals surface area contributed by atoms with Crippen molar-refractivity contribution < 1.29 is 17.2 Å². The van der Waals surface area contributed by atoms with E-state index in [1.807, 2.05) is 22.6 Å². The van der Waals surface area contributed by atoms with Crippen molar-refractivity contribution in [1.29, 1.82) is 0 Å². The number of hydrogen-bond donors (Lipinski definition) is 2. The minimum atomic E-state index is -3.63. The van der Waals surface area contributed by atoms with Crippen molar-refractivity contribution in [3.05, 3.63) is 45.8 Å². The maximum absolute atomic E-state index is 15.1. The van der Waals surface area contributed by atoms with Crippen LogP contribution < -0.4 is 10.0 Å². The quantitative estimate of drug-likeness (QED) is 0.514. The van der Waals surface area contributed by atoms with Crippen molar-refractivity contribution in [1.82, 2.24) is 9.55 Å². The number of imidazole rings is 1. The Morgan fingerprint density at radius 2 is 1.96 bits per heavy atom. The number of hydrogen-bond acceptors (Lipinski definition) is 4. The van der Waals surface area contributed by atoms with Gasteiger partial charge in [-0.25, -0.2) is 22.2 Å². The fraction of sp³-hybridized carbons (Fsp3) is 0.235. The minimum Gasteiger partial charge on any atom is -0.349 e. The van der Waals surface area contributed by atoms with E-state index in [4.69, 9.17) is 0 Å². The van der Waals surface area contributed by atoms with Crippen LogP contribution in [-0.2, 0) is 17.1 Å². The summed E-state index contributed by atoms with van der Waals surface area (Å²) in [5.41, 5.74) is 0.394. The van der Waals surface area contributed by atoms with Gasteiger partial charge in [0.15, 0.2) is 5.82 Å². The molecule has 1 saturated carbocycles. The van der Waals surface area contributed by atoms with Crippen molar-refractivity contribution in [3.8, 4) is 0 Å². The molecule has 1 aliphatic rings. The van der Waals surface area contributed by atoms with Crippen molar-refractivity contribution in [2.45, 2.75) is 18.1 Å². The van der Waals surface area contributed by atoms with E-state index >= 15 is 4.39 Å². The van der Waals surface area contributed by atoms with E-state index in [0.717, 1.165) is 0 Å². The SMILES string of the molecule is Cn1cnc2c(F)c(Nc3ccc(I)cc3F)c(NS(=O)(=O)C3CC3)cc21. The Morgan fingerprint density at radius 1 is 1.22 bits per heavy atom. The van der Waals surface area contributed by atoms with E-state index < -0.39 is 26.9 Å². The molecule has 4 rings (SSSR count).